The van der Waals surface area contributed by atoms with Gasteiger partial charge >= 0.3 is 0 Å². The van der Waals surface area contributed by atoms with Gasteiger partial charge in [-0.2, -0.15) is 10.5 Å². The molecule has 2 atom stereocenters. The van der Waals surface area contributed by atoms with Crippen LogP contribution in [0.2, 0.25) is 0 Å². The molecule has 2 aromatic rings. The number of aromatic nitrogens is 2. The minimum Gasteiger partial charge on any atom is -0.467 e. The van der Waals surface area contributed by atoms with Crippen molar-refractivity contribution in [3.05, 3.63) is 36.2 Å². The third-order valence-corrected chi connectivity index (χ3v) is 8.50. The van der Waals surface area contributed by atoms with Crippen LogP contribution >= 0.6 is 10.5 Å². The number of ether oxygens (including phenoxy) is 1. The molecule has 2 heterocycles. The van der Waals surface area contributed by atoms with Gasteiger partial charge in [-0.1, -0.05) is 12.8 Å². The molecule has 0 aromatic carbocycles. The number of rotatable bonds is 19. The molecule has 1 fully saturated rings. The zero-order valence-electron chi connectivity index (χ0n) is 29.2. The van der Waals surface area contributed by atoms with Gasteiger partial charge in [0.1, 0.15) is 6.26 Å². The van der Waals surface area contributed by atoms with Crippen LogP contribution in [0.4, 0.5) is 5.82 Å². The zero-order chi connectivity index (χ0) is 35.5. The van der Waals surface area contributed by atoms with E-state index in [-0.39, 0.29) is 58.3 Å². The number of nitrogens with zero attached hydrogens (tertiary/aromatic N) is 3. The molecular weight excluding hydrogens is 634 g/mol. The molecule has 2 amide bonds. The highest BCUT2D eigenvalue weighted by molar-refractivity contribution is 8.14. The number of nitrogens with one attached hydrogen (secondary N) is 2. The van der Waals surface area contributed by atoms with E-state index in [0.717, 1.165) is 57.2 Å². The number of hydrogen-bond donors (Lipinski definition) is 4. The first-order valence-electron chi connectivity index (χ1n) is 16.7. The second kappa shape index (κ2) is 21.5. The maximum absolute atomic E-state index is 12.6. The van der Waals surface area contributed by atoms with Crippen LogP contribution in [0.5, 0.6) is 5.88 Å². The normalized spacial score (nSPS) is 14.4. The molecule has 0 aliphatic heterocycles. The Hall–Kier alpha value is -3.46. The topological polar surface area (TPSA) is 193 Å². The Bertz CT molecular complexity index is 1300. The fraction of sp³-hybridized carbons (Fsp3) is 0.618. The predicted octanol–water partition coefficient (Wildman–Crippen LogP) is 2.83. The highest BCUT2D eigenvalue weighted by atomic mass is 32.2. The van der Waals surface area contributed by atoms with Gasteiger partial charge in [0, 0.05) is 29.6 Å². The lowest BCUT2D eigenvalue weighted by Gasteiger charge is -2.22. The first-order valence-corrected chi connectivity index (χ1v) is 18.8. The summed E-state index contributed by atoms with van der Waals surface area (Å²) < 4.78 is 10.5. The average molecular weight is 691 g/mol. The van der Waals surface area contributed by atoms with E-state index in [2.05, 4.69) is 25.3 Å². The molecule has 1 aliphatic rings. The molecule has 1 aliphatic carbocycles. The molecule has 2 unspecified atom stereocenters. The Labute approximate surface area is 287 Å². The van der Waals surface area contributed by atoms with Crippen molar-refractivity contribution >= 4 is 45.1 Å². The van der Waals surface area contributed by atoms with E-state index >= 15 is 0 Å². The molecule has 1 saturated carbocycles. The van der Waals surface area contributed by atoms with Gasteiger partial charge in [-0.05, 0) is 88.2 Å². The van der Waals surface area contributed by atoms with Crippen LogP contribution in [-0.4, -0.2) is 104 Å². The molecule has 3 rings (SSSR count). The van der Waals surface area contributed by atoms with Crippen molar-refractivity contribution in [3.63, 3.8) is 0 Å². The number of Topliss-reactive ketones (excluding diaryl/α,β-unsaturated/α-hetero) is 2. The van der Waals surface area contributed by atoms with Crippen molar-refractivity contribution < 1.29 is 28.4 Å². The van der Waals surface area contributed by atoms with Crippen LogP contribution in [0.1, 0.15) is 74.6 Å². The van der Waals surface area contributed by atoms with Crippen molar-refractivity contribution in [2.75, 3.05) is 53.4 Å². The first kappa shape index (κ1) is 40.7. The Morgan fingerprint density at radius 1 is 0.979 bits per heavy atom. The molecule has 13 nitrogen and oxygen atoms in total. The summed E-state index contributed by atoms with van der Waals surface area (Å²) in [6.45, 7) is 0.951. The van der Waals surface area contributed by atoms with Crippen molar-refractivity contribution in [2.24, 2.45) is 17.4 Å². The van der Waals surface area contributed by atoms with Gasteiger partial charge in [-0.15, -0.1) is 0 Å². The molecule has 14 heteroatoms. The van der Waals surface area contributed by atoms with E-state index in [1.54, 1.807) is 17.5 Å². The van der Waals surface area contributed by atoms with Crippen LogP contribution in [0.15, 0.2) is 35.2 Å². The van der Waals surface area contributed by atoms with Crippen LogP contribution in [0, 0.1) is 5.92 Å². The van der Waals surface area contributed by atoms with Gasteiger partial charge in [-0.25, -0.2) is 4.98 Å². The van der Waals surface area contributed by atoms with E-state index in [1.165, 1.54) is 18.5 Å². The molecule has 268 valence electrons. The molecule has 0 saturated heterocycles. The minimum atomic E-state index is -0.677. The number of quaternary nitrogens is 1. The number of nitrogens with two attached hydrogens (primary N) is 2. The molecule has 2 aromatic heterocycles. The van der Waals surface area contributed by atoms with Gasteiger partial charge in [-0.3, -0.25) is 23.7 Å². The summed E-state index contributed by atoms with van der Waals surface area (Å²) in [4.78, 5) is 53.8. The lowest BCUT2D eigenvalue weighted by Crippen LogP contribution is -2.43. The van der Waals surface area contributed by atoms with Crippen molar-refractivity contribution in [1.82, 2.24) is 25.3 Å². The summed E-state index contributed by atoms with van der Waals surface area (Å²) in [6.07, 6.45) is 15.5. The van der Waals surface area contributed by atoms with Gasteiger partial charge in [0.15, 0.2) is 18.2 Å². The minimum absolute atomic E-state index is 0.0409. The van der Waals surface area contributed by atoms with E-state index in [4.69, 9.17) is 16.2 Å². The van der Waals surface area contributed by atoms with Crippen molar-refractivity contribution in [2.45, 2.75) is 76.3 Å². The average Bonchev–Trinajstić information content (AvgIpc) is 3.78. The second-order valence-electron chi connectivity index (χ2n) is 13.0. The number of ketones is 2. The van der Waals surface area contributed by atoms with Crippen LogP contribution in [0.3, 0.4) is 0 Å². The molecule has 0 bridgehead atoms. The molecule has 48 heavy (non-hydrogen) atoms. The van der Waals surface area contributed by atoms with E-state index < -0.39 is 6.04 Å². The molecule has 0 radical (unpaired) electrons. The predicted molar refractivity (Wildman–Crippen MR) is 192 cm³/mol. The van der Waals surface area contributed by atoms with Crippen molar-refractivity contribution in [3.8, 4) is 5.88 Å². The maximum atomic E-state index is 12.6. The number of amides is 2. The zero-order valence-corrected chi connectivity index (χ0v) is 30.1. The van der Waals surface area contributed by atoms with Gasteiger partial charge in [0.2, 0.25) is 11.7 Å². The molecule has 0 spiro atoms. The number of carbonyl (C=O) groups is 4. The third kappa shape index (κ3) is 15.2. The Morgan fingerprint density at radius 3 is 2.15 bits per heavy atom. The third-order valence-electron chi connectivity index (χ3n) is 7.80. The highest BCUT2D eigenvalue weighted by Crippen LogP contribution is 2.25. The van der Waals surface area contributed by atoms with Crippen LogP contribution < -0.4 is 31.3 Å². The molecular formula is C34H56N7O6S+. The number of hydrogen-bond acceptors (Lipinski definition) is 10. The largest absolute Gasteiger partial charge is 0.467 e. The lowest BCUT2D eigenvalue weighted by molar-refractivity contribution is -0.128. The van der Waals surface area contributed by atoms with E-state index in [1.807, 2.05) is 33.7 Å². The van der Waals surface area contributed by atoms with Crippen LogP contribution in [0.25, 0.3) is 0 Å². The smallest absolute Gasteiger partial charge is 0.254 e. The van der Waals surface area contributed by atoms with E-state index in [9.17, 15) is 19.2 Å². The Balaban J connectivity index is 0.000000353. The number of unbranched alkanes of at least 4 members (excludes halogenated alkanes) is 2. The fourth-order valence-corrected chi connectivity index (χ4v) is 5.69. The maximum Gasteiger partial charge on any atom is 0.254 e. The lowest BCUT2D eigenvalue weighted by atomic mass is 10.0. The Kier molecular flexibility index (Phi) is 18.2. The molecule has 6 N–H and O–H groups in total. The summed E-state index contributed by atoms with van der Waals surface area (Å²) in [5, 5.41) is 11.1. The standard InChI is InChI=1S/C19H27N5O4.C15H28N2O2S/c1-24(2,3)17-8-7-14(12-21-17)19(26)22-15(6-4-5-10-20)16(25)13-27-18-9-11-28-23-18;1-20(2)11-14(18)13(9-5-6-10-16)17-15(19)12-7-3-4-8-12/h7-9,11-12,15H,4-6,10,13,20H2,1-3H3;11-13H,3-10,16H2,1-2H3,(H,17,19)/p+1. The van der Waals surface area contributed by atoms with Crippen LogP contribution in [-0.2, 0) is 14.4 Å². The number of pyridine rings is 1. The fourth-order valence-electron chi connectivity index (χ4n) is 5.06. The Morgan fingerprint density at radius 2 is 1.62 bits per heavy atom. The van der Waals surface area contributed by atoms with Gasteiger partial charge in [0.25, 0.3) is 11.8 Å². The van der Waals surface area contributed by atoms with E-state index in [0.29, 0.717) is 36.0 Å². The highest BCUT2D eigenvalue weighted by Gasteiger charge is 2.27. The van der Waals surface area contributed by atoms with Gasteiger partial charge in [0.05, 0.1) is 38.8 Å². The summed E-state index contributed by atoms with van der Waals surface area (Å²) in [6, 6.07) is 3.98. The second-order valence-corrected chi connectivity index (χ2v) is 15.0. The summed E-state index contributed by atoms with van der Waals surface area (Å²) >= 11 is 0. The quantitative estimate of drug-likeness (QED) is 0.0968. The number of carbonyl (C=O) groups excluding carboxylic acids is 4. The summed E-state index contributed by atoms with van der Waals surface area (Å²) in [5.74, 6) is 0.683. The van der Waals surface area contributed by atoms with Crippen molar-refractivity contribution in [1.29, 1.82) is 0 Å². The monoisotopic (exact) mass is 690 g/mol. The summed E-state index contributed by atoms with van der Waals surface area (Å²) in [7, 11) is 5.93. The first-order chi connectivity index (χ1) is 22.8. The SMILES string of the molecule is CS(C)=CC(=O)C(CCCCN)NC(=O)C1CCCC1.C[N+](C)(C)c1ccc(C(=O)NC(CCCCN)C(=O)COc2ccon2)cn1. The van der Waals surface area contributed by atoms with Gasteiger partial charge < -0.3 is 31.4 Å². The summed E-state index contributed by atoms with van der Waals surface area (Å²) in [5.41, 5.74) is 11.4.